The fourth-order valence-electron chi connectivity index (χ4n) is 2.59. The summed E-state index contributed by atoms with van der Waals surface area (Å²) in [5, 5.41) is 0.848. The molecule has 128 valence electrons. The molecule has 0 saturated carbocycles. The van der Waals surface area contributed by atoms with Gasteiger partial charge in [-0.25, -0.2) is 15.0 Å². The molecule has 8 heteroatoms. The number of rotatable bonds is 6. The van der Waals surface area contributed by atoms with E-state index in [0.29, 0.717) is 5.88 Å². The van der Waals surface area contributed by atoms with Gasteiger partial charge >= 0.3 is 0 Å². The summed E-state index contributed by atoms with van der Waals surface area (Å²) < 4.78 is 5.17. The highest BCUT2D eigenvalue weighted by atomic mass is 32.2. The zero-order chi connectivity index (χ0) is 16.8. The van der Waals surface area contributed by atoms with E-state index >= 15 is 0 Å². The third-order valence-electron chi connectivity index (χ3n) is 3.84. The normalized spacial score (nSPS) is 15.5. The van der Waals surface area contributed by atoms with Gasteiger partial charge in [0.1, 0.15) is 0 Å². The molecule has 0 bridgehead atoms. The van der Waals surface area contributed by atoms with E-state index in [2.05, 4.69) is 36.7 Å². The molecular weight excluding hydrogens is 324 g/mol. The van der Waals surface area contributed by atoms with Crippen LogP contribution in [0, 0.1) is 0 Å². The second kappa shape index (κ2) is 8.25. The highest BCUT2D eigenvalue weighted by Crippen LogP contribution is 2.16. The minimum atomic E-state index is 0.601. The summed E-state index contributed by atoms with van der Waals surface area (Å²) in [4.78, 5) is 22.1. The van der Waals surface area contributed by atoms with Crippen LogP contribution < -0.4 is 9.64 Å². The summed E-state index contributed by atoms with van der Waals surface area (Å²) >= 11 is 1.66. The zero-order valence-corrected chi connectivity index (χ0v) is 14.9. The summed E-state index contributed by atoms with van der Waals surface area (Å²) in [6.45, 7) is 6.71. The SMILES string of the molecule is CCSc1ncc(CN2CCN(c3nccc(OC)n3)CC2)cn1. The molecule has 0 unspecified atom stereocenters. The number of hydrogen-bond acceptors (Lipinski definition) is 8. The summed E-state index contributed by atoms with van der Waals surface area (Å²) in [6, 6.07) is 1.76. The second-order valence-corrected chi connectivity index (χ2v) is 6.70. The van der Waals surface area contributed by atoms with E-state index in [4.69, 9.17) is 4.74 Å². The van der Waals surface area contributed by atoms with Gasteiger partial charge in [0, 0.05) is 62.9 Å². The Kier molecular flexibility index (Phi) is 5.81. The van der Waals surface area contributed by atoms with E-state index in [0.717, 1.165) is 55.1 Å². The van der Waals surface area contributed by atoms with Crippen molar-refractivity contribution >= 4 is 17.7 Å². The smallest absolute Gasteiger partial charge is 0.228 e. The third kappa shape index (κ3) is 4.33. The topological polar surface area (TPSA) is 67.3 Å². The molecule has 2 aromatic rings. The quantitative estimate of drug-likeness (QED) is 0.578. The van der Waals surface area contributed by atoms with Crippen LogP contribution in [0.3, 0.4) is 0 Å². The van der Waals surface area contributed by atoms with Crippen molar-refractivity contribution in [1.29, 1.82) is 0 Å². The first-order valence-electron chi connectivity index (χ1n) is 8.06. The highest BCUT2D eigenvalue weighted by molar-refractivity contribution is 7.99. The molecule has 1 aliphatic heterocycles. The van der Waals surface area contributed by atoms with Crippen LogP contribution in [0.5, 0.6) is 5.88 Å². The number of hydrogen-bond donors (Lipinski definition) is 0. The van der Waals surface area contributed by atoms with Crippen molar-refractivity contribution in [3.63, 3.8) is 0 Å². The van der Waals surface area contributed by atoms with Gasteiger partial charge in [-0.05, 0) is 5.75 Å². The van der Waals surface area contributed by atoms with Crippen LogP contribution in [-0.4, -0.2) is 63.9 Å². The molecule has 0 spiro atoms. The van der Waals surface area contributed by atoms with Crippen molar-refractivity contribution in [3.05, 3.63) is 30.2 Å². The lowest BCUT2D eigenvalue weighted by molar-refractivity contribution is 0.247. The van der Waals surface area contributed by atoms with Crippen LogP contribution >= 0.6 is 11.8 Å². The molecule has 1 fully saturated rings. The Morgan fingerprint density at radius 1 is 1.12 bits per heavy atom. The summed E-state index contributed by atoms with van der Waals surface area (Å²) in [5.74, 6) is 2.33. The molecule has 0 amide bonds. The summed E-state index contributed by atoms with van der Waals surface area (Å²) in [6.07, 6.45) is 5.60. The number of ether oxygens (including phenoxy) is 1. The zero-order valence-electron chi connectivity index (χ0n) is 14.1. The lowest BCUT2D eigenvalue weighted by Crippen LogP contribution is -2.46. The predicted molar refractivity (Wildman–Crippen MR) is 94.5 cm³/mol. The van der Waals surface area contributed by atoms with E-state index in [9.17, 15) is 0 Å². The molecule has 1 aliphatic rings. The van der Waals surface area contributed by atoms with Crippen molar-refractivity contribution in [2.45, 2.75) is 18.6 Å². The van der Waals surface area contributed by atoms with E-state index in [1.165, 1.54) is 0 Å². The lowest BCUT2D eigenvalue weighted by Gasteiger charge is -2.34. The molecule has 7 nitrogen and oxygen atoms in total. The molecule has 24 heavy (non-hydrogen) atoms. The lowest BCUT2D eigenvalue weighted by atomic mass is 10.2. The van der Waals surface area contributed by atoms with Gasteiger partial charge < -0.3 is 9.64 Å². The fraction of sp³-hybridized carbons (Fsp3) is 0.500. The number of nitrogens with zero attached hydrogens (tertiary/aromatic N) is 6. The van der Waals surface area contributed by atoms with Crippen LogP contribution in [0.1, 0.15) is 12.5 Å². The van der Waals surface area contributed by atoms with Gasteiger partial charge in [0.25, 0.3) is 0 Å². The van der Waals surface area contributed by atoms with E-state index in [1.54, 1.807) is 31.1 Å². The van der Waals surface area contributed by atoms with Crippen molar-refractivity contribution in [3.8, 4) is 5.88 Å². The molecule has 0 N–H and O–H groups in total. The molecule has 3 heterocycles. The standard InChI is InChI=1S/C16H22N6OS/c1-3-24-16-18-10-13(11-19-16)12-21-6-8-22(9-7-21)15-17-5-4-14(20-15)23-2/h4-5,10-11H,3,6-9,12H2,1-2H3. The number of thioether (sulfide) groups is 1. The first-order valence-corrected chi connectivity index (χ1v) is 9.05. The second-order valence-electron chi connectivity index (χ2n) is 5.47. The molecule has 0 aliphatic carbocycles. The van der Waals surface area contributed by atoms with Gasteiger partial charge in [0.15, 0.2) is 5.16 Å². The third-order valence-corrected chi connectivity index (χ3v) is 4.60. The fourth-order valence-corrected chi connectivity index (χ4v) is 3.10. The molecule has 0 atom stereocenters. The highest BCUT2D eigenvalue weighted by Gasteiger charge is 2.19. The number of piperazine rings is 1. The first kappa shape index (κ1) is 16.9. The van der Waals surface area contributed by atoms with E-state index in [-0.39, 0.29) is 0 Å². The van der Waals surface area contributed by atoms with Crippen LogP contribution in [0.25, 0.3) is 0 Å². The minimum Gasteiger partial charge on any atom is -0.481 e. The minimum absolute atomic E-state index is 0.601. The van der Waals surface area contributed by atoms with Gasteiger partial charge in [0.2, 0.25) is 11.8 Å². The van der Waals surface area contributed by atoms with Crippen LogP contribution in [0.4, 0.5) is 5.95 Å². The van der Waals surface area contributed by atoms with Gasteiger partial charge in [-0.15, -0.1) is 0 Å². The van der Waals surface area contributed by atoms with Gasteiger partial charge in [-0.2, -0.15) is 4.98 Å². The Labute approximate surface area is 146 Å². The largest absolute Gasteiger partial charge is 0.481 e. The molecule has 1 saturated heterocycles. The maximum atomic E-state index is 5.17. The molecule has 3 rings (SSSR count). The van der Waals surface area contributed by atoms with E-state index < -0.39 is 0 Å². The maximum Gasteiger partial charge on any atom is 0.228 e. The van der Waals surface area contributed by atoms with Crippen molar-refractivity contribution in [1.82, 2.24) is 24.8 Å². The Bertz CT molecular complexity index is 645. The Balaban J connectivity index is 1.53. The molecular formula is C16H22N6OS. The predicted octanol–water partition coefficient (Wildman–Crippen LogP) is 1.71. The van der Waals surface area contributed by atoms with Gasteiger partial charge in [-0.1, -0.05) is 18.7 Å². The average Bonchev–Trinajstić information content (AvgIpc) is 2.64. The van der Waals surface area contributed by atoms with Crippen LogP contribution in [-0.2, 0) is 6.54 Å². The molecule has 2 aromatic heterocycles. The summed E-state index contributed by atoms with van der Waals surface area (Å²) in [5.41, 5.74) is 1.15. The Morgan fingerprint density at radius 3 is 2.54 bits per heavy atom. The van der Waals surface area contributed by atoms with E-state index in [1.807, 2.05) is 12.4 Å². The average molecular weight is 346 g/mol. The first-order chi connectivity index (χ1) is 11.8. The number of aromatic nitrogens is 4. The maximum absolute atomic E-state index is 5.17. The van der Waals surface area contributed by atoms with Gasteiger partial charge in [-0.3, -0.25) is 4.90 Å². The van der Waals surface area contributed by atoms with Gasteiger partial charge in [0.05, 0.1) is 7.11 Å². The molecule has 0 aromatic carbocycles. The Morgan fingerprint density at radius 2 is 1.88 bits per heavy atom. The van der Waals surface area contributed by atoms with Crippen molar-refractivity contribution < 1.29 is 4.74 Å². The number of methoxy groups -OCH3 is 1. The van der Waals surface area contributed by atoms with Crippen LogP contribution in [0.15, 0.2) is 29.8 Å². The van der Waals surface area contributed by atoms with Crippen molar-refractivity contribution in [2.24, 2.45) is 0 Å². The monoisotopic (exact) mass is 346 g/mol. The van der Waals surface area contributed by atoms with Crippen molar-refractivity contribution in [2.75, 3.05) is 43.9 Å². The van der Waals surface area contributed by atoms with Crippen LogP contribution in [0.2, 0.25) is 0 Å². The molecule has 0 radical (unpaired) electrons. The summed E-state index contributed by atoms with van der Waals surface area (Å²) in [7, 11) is 1.62. The Hall–Kier alpha value is -1.93. The number of anilines is 1.